The first-order chi connectivity index (χ1) is 18.8. The Hall–Kier alpha value is -4.37. The third-order valence-corrected chi connectivity index (χ3v) is 7.60. The lowest BCUT2D eigenvalue weighted by Crippen LogP contribution is -2.56. The van der Waals surface area contributed by atoms with Crippen LogP contribution in [0.4, 0.5) is 17.1 Å². The molecule has 0 bridgehead atoms. The topological polar surface area (TPSA) is 139 Å². The number of benzene rings is 3. The number of carbonyl (C=O) groups excluding carboxylic acids is 3. The number of ketones is 1. The summed E-state index contributed by atoms with van der Waals surface area (Å²) >= 11 is 0. The van der Waals surface area contributed by atoms with Crippen LogP contribution < -0.4 is 10.6 Å². The van der Waals surface area contributed by atoms with Crippen molar-refractivity contribution in [2.75, 3.05) is 10.6 Å². The summed E-state index contributed by atoms with van der Waals surface area (Å²) in [5.74, 6) is -5.62. The van der Waals surface area contributed by atoms with Gasteiger partial charge in [-0.2, -0.15) is 0 Å². The summed E-state index contributed by atoms with van der Waals surface area (Å²) in [4.78, 5) is 52.3. The van der Waals surface area contributed by atoms with E-state index in [1.165, 1.54) is 25.1 Å². The normalized spacial score (nSPS) is 22.4. The number of nitrogens with one attached hydrogen (secondary N) is 2. The standard InChI is InChI=1S/C31H33N3O6/c1-17-9-11-19(3)23(13-17)32-29(36)27-25(35)16-31(5,38)28(26(27)21-7-6-8-22(15-21)34(39)40)30(37)33-24-14-18(2)10-12-20(24)4/h6-15,26-28,38H,16H2,1-5H3,(H,32,36)(H,33,37). The molecule has 208 valence electrons. The Bertz CT molecular complexity index is 1510. The summed E-state index contributed by atoms with van der Waals surface area (Å²) in [6, 6.07) is 16.6. The van der Waals surface area contributed by atoms with E-state index in [9.17, 15) is 29.6 Å². The molecule has 1 saturated carbocycles. The Morgan fingerprint density at radius 2 is 1.45 bits per heavy atom. The van der Waals surface area contributed by atoms with Gasteiger partial charge in [-0.1, -0.05) is 36.4 Å². The van der Waals surface area contributed by atoms with Crippen molar-refractivity contribution >= 4 is 34.7 Å². The van der Waals surface area contributed by atoms with Crippen molar-refractivity contribution in [2.45, 2.75) is 52.6 Å². The third kappa shape index (κ3) is 5.79. The van der Waals surface area contributed by atoms with E-state index in [-0.39, 0.29) is 11.3 Å². The zero-order valence-corrected chi connectivity index (χ0v) is 23.1. The molecule has 1 aliphatic carbocycles. The van der Waals surface area contributed by atoms with E-state index >= 15 is 0 Å². The van der Waals surface area contributed by atoms with Gasteiger partial charge in [0.15, 0.2) is 0 Å². The van der Waals surface area contributed by atoms with Gasteiger partial charge in [-0.05, 0) is 74.6 Å². The number of Topliss-reactive ketones (excluding diaryl/α,β-unsaturated/α-hetero) is 1. The fourth-order valence-corrected chi connectivity index (χ4v) is 5.50. The van der Waals surface area contributed by atoms with Gasteiger partial charge in [-0.15, -0.1) is 0 Å². The van der Waals surface area contributed by atoms with E-state index < -0.39 is 52.3 Å². The Morgan fingerprint density at radius 1 is 0.900 bits per heavy atom. The van der Waals surface area contributed by atoms with Gasteiger partial charge in [0.05, 0.1) is 16.4 Å². The number of anilines is 2. The van der Waals surface area contributed by atoms with Crippen LogP contribution >= 0.6 is 0 Å². The number of non-ortho nitro benzene ring substituents is 1. The van der Waals surface area contributed by atoms with Crippen LogP contribution in [-0.2, 0) is 14.4 Å². The zero-order chi connectivity index (χ0) is 29.4. The second-order valence-corrected chi connectivity index (χ2v) is 10.9. The van der Waals surface area contributed by atoms with Crippen molar-refractivity contribution in [3.8, 4) is 0 Å². The largest absolute Gasteiger partial charge is 0.389 e. The van der Waals surface area contributed by atoms with Gasteiger partial charge in [0.1, 0.15) is 11.7 Å². The molecule has 9 heteroatoms. The van der Waals surface area contributed by atoms with Gasteiger partial charge >= 0.3 is 0 Å². The number of hydrogen-bond donors (Lipinski definition) is 3. The molecule has 2 amide bonds. The summed E-state index contributed by atoms with van der Waals surface area (Å²) in [7, 11) is 0. The van der Waals surface area contributed by atoms with Crippen LogP contribution in [0, 0.1) is 49.6 Å². The molecule has 3 aromatic carbocycles. The Balaban J connectivity index is 1.84. The molecular weight excluding hydrogens is 510 g/mol. The predicted molar refractivity (Wildman–Crippen MR) is 152 cm³/mol. The van der Waals surface area contributed by atoms with Gasteiger partial charge in [0, 0.05) is 35.8 Å². The Labute approximate surface area is 232 Å². The number of nitro benzene ring substituents is 1. The monoisotopic (exact) mass is 543 g/mol. The minimum absolute atomic E-state index is 0.241. The summed E-state index contributed by atoms with van der Waals surface area (Å²) < 4.78 is 0. The molecule has 0 heterocycles. The molecule has 4 rings (SSSR count). The molecule has 40 heavy (non-hydrogen) atoms. The summed E-state index contributed by atoms with van der Waals surface area (Å²) in [6.07, 6.45) is -0.436. The van der Waals surface area contributed by atoms with Gasteiger partial charge in [-0.25, -0.2) is 0 Å². The number of nitrogens with zero attached hydrogens (tertiary/aromatic N) is 1. The van der Waals surface area contributed by atoms with Gasteiger partial charge < -0.3 is 15.7 Å². The SMILES string of the molecule is Cc1ccc(C)c(NC(=O)C2C(=O)CC(C)(O)C(C(=O)Nc3cc(C)ccc3C)C2c2cccc([N+](=O)[O-])c2)c1. The smallest absolute Gasteiger partial charge is 0.269 e. The molecule has 0 radical (unpaired) electrons. The third-order valence-electron chi connectivity index (χ3n) is 7.60. The van der Waals surface area contributed by atoms with Crippen LogP contribution in [0.15, 0.2) is 60.7 Å². The van der Waals surface area contributed by atoms with E-state index in [1.54, 1.807) is 18.2 Å². The van der Waals surface area contributed by atoms with Crippen molar-refractivity contribution in [3.05, 3.63) is 98.6 Å². The maximum absolute atomic E-state index is 13.9. The molecule has 1 aliphatic rings. The first-order valence-corrected chi connectivity index (χ1v) is 13.0. The van der Waals surface area contributed by atoms with Crippen LogP contribution in [0.25, 0.3) is 0 Å². The van der Waals surface area contributed by atoms with Crippen molar-refractivity contribution < 1.29 is 24.4 Å². The molecule has 3 aromatic rings. The average molecular weight is 544 g/mol. The summed E-state index contributed by atoms with van der Waals surface area (Å²) in [5, 5.41) is 28.8. The second-order valence-electron chi connectivity index (χ2n) is 10.9. The summed E-state index contributed by atoms with van der Waals surface area (Å²) in [6.45, 7) is 8.79. The number of rotatable bonds is 6. The van der Waals surface area contributed by atoms with Gasteiger partial charge in [0.2, 0.25) is 11.8 Å². The lowest BCUT2D eigenvalue weighted by atomic mass is 9.61. The van der Waals surface area contributed by atoms with Crippen molar-refractivity contribution in [1.82, 2.24) is 0 Å². The fourth-order valence-electron chi connectivity index (χ4n) is 5.50. The lowest BCUT2D eigenvalue weighted by molar-refractivity contribution is -0.385. The quantitative estimate of drug-likeness (QED) is 0.223. The molecule has 4 atom stereocenters. The maximum Gasteiger partial charge on any atom is 0.269 e. The van der Waals surface area contributed by atoms with Crippen LogP contribution in [-0.4, -0.2) is 33.2 Å². The van der Waals surface area contributed by atoms with E-state index in [0.717, 1.165) is 22.3 Å². The van der Waals surface area contributed by atoms with E-state index in [4.69, 9.17) is 0 Å². The van der Waals surface area contributed by atoms with Crippen molar-refractivity contribution in [1.29, 1.82) is 0 Å². The van der Waals surface area contributed by atoms with Crippen LogP contribution in [0.3, 0.4) is 0 Å². The highest BCUT2D eigenvalue weighted by Crippen LogP contribution is 2.47. The number of hydrogen-bond acceptors (Lipinski definition) is 6. The maximum atomic E-state index is 13.9. The van der Waals surface area contributed by atoms with Crippen LogP contribution in [0.5, 0.6) is 0 Å². The number of nitro groups is 1. The molecule has 4 unspecified atom stereocenters. The summed E-state index contributed by atoms with van der Waals surface area (Å²) in [5.41, 5.74) is 2.60. The highest BCUT2D eigenvalue weighted by atomic mass is 16.6. The molecule has 3 N–H and O–H groups in total. The van der Waals surface area contributed by atoms with Gasteiger partial charge in [0.25, 0.3) is 5.69 Å². The fraction of sp³-hybridized carbons (Fsp3) is 0.323. The minimum atomic E-state index is -1.83. The van der Waals surface area contributed by atoms with E-state index in [2.05, 4.69) is 10.6 Å². The number of aliphatic hydroxyl groups is 1. The molecule has 9 nitrogen and oxygen atoms in total. The Morgan fingerprint density at radius 3 is 2.00 bits per heavy atom. The van der Waals surface area contributed by atoms with Crippen molar-refractivity contribution in [2.24, 2.45) is 11.8 Å². The first-order valence-electron chi connectivity index (χ1n) is 13.0. The van der Waals surface area contributed by atoms with Crippen molar-refractivity contribution in [3.63, 3.8) is 0 Å². The molecular formula is C31H33N3O6. The van der Waals surface area contributed by atoms with E-state index in [0.29, 0.717) is 11.4 Å². The lowest BCUT2D eigenvalue weighted by Gasteiger charge is -2.44. The zero-order valence-electron chi connectivity index (χ0n) is 23.1. The van der Waals surface area contributed by atoms with Gasteiger partial charge in [-0.3, -0.25) is 24.5 Å². The molecule has 1 fully saturated rings. The number of amides is 2. The predicted octanol–water partition coefficient (Wildman–Crippen LogP) is 5.15. The second kappa shape index (κ2) is 11.0. The minimum Gasteiger partial charge on any atom is -0.389 e. The molecule has 0 aliphatic heterocycles. The molecule has 0 aromatic heterocycles. The van der Waals surface area contributed by atoms with Crippen LogP contribution in [0.1, 0.15) is 47.1 Å². The highest BCUT2D eigenvalue weighted by molar-refractivity contribution is 6.10. The number of carbonyl (C=O) groups is 3. The highest BCUT2D eigenvalue weighted by Gasteiger charge is 2.56. The average Bonchev–Trinajstić information content (AvgIpc) is 2.87. The Kier molecular flexibility index (Phi) is 7.88. The molecule has 0 spiro atoms. The number of aryl methyl sites for hydroxylation is 4. The van der Waals surface area contributed by atoms with Crippen LogP contribution in [0.2, 0.25) is 0 Å². The van der Waals surface area contributed by atoms with E-state index in [1.807, 2.05) is 52.0 Å². The first kappa shape index (κ1) is 28.6. The molecule has 0 saturated heterocycles.